The van der Waals surface area contributed by atoms with Crippen LogP contribution in [0.4, 0.5) is 11.8 Å². The van der Waals surface area contributed by atoms with Crippen LogP contribution in [0.25, 0.3) is 11.3 Å². The first-order valence-corrected chi connectivity index (χ1v) is 7.41. The molecule has 0 aliphatic heterocycles. The van der Waals surface area contributed by atoms with Crippen molar-refractivity contribution < 1.29 is 9.47 Å². The third-order valence-electron chi connectivity index (χ3n) is 3.03. The largest absolute Gasteiger partial charge is 0.496 e. The normalized spacial score (nSPS) is 10.1. The molecule has 0 saturated carbocycles. The molecule has 7 nitrogen and oxygen atoms in total. The van der Waals surface area contributed by atoms with Gasteiger partial charge in [0.1, 0.15) is 28.9 Å². The fourth-order valence-electron chi connectivity index (χ4n) is 2.02. The molecule has 4 N–H and O–H groups in total. The van der Waals surface area contributed by atoms with Crippen LogP contribution >= 0.6 is 11.8 Å². The predicted octanol–water partition coefficient (Wildman–Crippen LogP) is 1.92. The number of hydrogen-bond acceptors (Lipinski definition) is 8. The number of anilines is 2. The maximum absolute atomic E-state index is 9.32. The predicted molar refractivity (Wildman–Crippen MR) is 85.9 cm³/mol. The highest BCUT2D eigenvalue weighted by atomic mass is 32.2. The monoisotopic (exact) mass is 317 g/mol. The third kappa shape index (κ3) is 2.71. The number of thioether (sulfide) groups is 1. The van der Waals surface area contributed by atoms with Crippen LogP contribution in [-0.4, -0.2) is 30.4 Å². The zero-order chi connectivity index (χ0) is 16.3. The van der Waals surface area contributed by atoms with Gasteiger partial charge in [-0.15, -0.1) is 11.8 Å². The SMILES string of the molecule is COc1cc(-c2nc(N)nc(N)c2C#N)c(OC)cc1SC. The van der Waals surface area contributed by atoms with Crippen LogP contribution in [0.2, 0.25) is 0 Å². The number of ether oxygens (including phenoxy) is 2. The summed E-state index contributed by atoms with van der Waals surface area (Å²) in [5.41, 5.74) is 12.4. The smallest absolute Gasteiger partial charge is 0.222 e. The van der Waals surface area contributed by atoms with Gasteiger partial charge in [0.2, 0.25) is 5.95 Å². The lowest BCUT2D eigenvalue weighted by molar-refractivity contribution is 0.395. The van der Waals surface area contributed by atoms with E-state index in [-0.39, 0.29) is 17.3 Å². The number of aromatic nitrogens is 2. The van der Waals surface area contributed by atoms with Crippen molar-refractivity contribution >= 4 is 23.5 Å². The molecule has 0 atom stereocenters. The van der Waals surface area contributed by atoms with Crippen LogP contribution in [0, 0.1) is 11.3 Å². The van der Waals surface area contributed by atoms with Crippen molar-refractivity contribution in [1.82, 2.24) is 9.97 Å². The summed E-state index contributed by atoms with van der Waals surface area (Å²) in [6.07, 6.45) is 1.93. The van der Waals surface area contributed by atoms with Gasteiger partial charge in [-0.2, -0.15) is 10.2 Å². The van der Waals surface area contributed by atoms with Crippen LogP contribution in [-0.2, 0) is 0 Å². The van der Waals surface area contributed by atoms with E-state index in [1.165, 1.54) is 18.9 Å². The molecule has 0 fully saturated rings. The van der Waals surface area contributed by atoms with Crippen LogP contribution in [0.3, 0.4) is 0 Å². The van der Waals surface area contributed by atoms with E-state index in [2.05, 4.69) is 9.97 Å². The molecule has 0 aliphatic rings. The van der Waals surface area contributed by atoms with Gasteiger partial charge in [-0.25, -0.2) is 4.98 Å². The van der Waals surface area contributed by atoms with Crippen LogP contribution in [0.15, 0.2) is 17.0 Å². The minimum Gasteiger partial charge on any atom is -0.496 e. The third-order valence-corrected chi connectivity index (χ3v) is 3.79. The average molecular weight is 317 g/mol. The molecule has 0 radical (unpaired) electrons. The average Bonchev–Trinajstić information content (AvgIpc) is 2.52. The lowest BCUT2D eigenvalue weighted by Gasteiger charge is -2.14. The molecular formula is C14H15N5O2S. The lowest BCUT2D eigenvalue weighted by Crippen LogP contribution is -2.05. The molecule has 0 amide bonds. The van der Waals surface area contributed by atoms with Crippen molar-refractivity contribution in [2.24, 2.45) is 0 Å². The Balaban J connectivity index is 2.80. The standard InChI is InChI=1S/C14H15N5O2S/c1-20-9-5-11(22-3)10(21-2)4-7(9)12-8(6-15)13(16)19-14(17)18-12/h4-5H,1-3H3,(H4,16,17,18,19). The van der Waals surface area contributed by atoms with Gasteiger partial charge in [0.05, 0.1) is 24.8 Å². The summed E-state index contributed by atoms with van der Waals surface area (Å²) in [6.45, 7) is 0. The van der Waals surface area contributed by atoms with E-state index in [0.717, 1.165) is 4.90 Å². The summed E-state index contributed by atoms with van der Waals surface area (Å²) in [5, 5.41) is 9.32. The second-order valence-electron chi connectivity index (χ2n) is 4.21. The Kier molecular flexibility index (Phi) is 4.58. The minimum absolute atomic E-state index is 0.0125. The van der Waals surface area contributed by atoms with E-state index in [1.807, 2.05) is 18.4 Å². The van der Waals surface area contributed by atoms with Gasteiger partial charge in [-0.3, -0.25) is 0 Å². The number of hydrogen-bond donors (Lipinski definition) is 2. The fourth-order valence-corrected chi connectivity index (χ4v) is 2.58. The fraction of sp³-hybridized carbons (Fsp3) is 0.214. The second-order valence-corrected chi connectivity index (χ2v) is 5.06. The highest BCUT2D eigenvalue weighted by molar-refractivity contribution is 7.98. The Morgan fingerprint density at radius 3 is 2.36 bits per heavy atom. The number of benzene rings is 1. The first kappa shape index (κ1) is 15.7. The number of nitrogens with zero attached hydrogens (tertiary/aromatic N) is 3. The molecular weight excluding hydrogens is 302 g/mol. The topological polar surface area (TPSA) is 120 Å². The Bertz CT molecular complexity index is 758. The second kappa shape index (κ2) is 6.41. The molecule has 0 bridgehead atoms. The van der Waals surface area contributed by atoms with Crippen LogP contribution < -0.4 is 20.9 Å². The van der Waals surface area contributed by atoms with E-state index in [0.29, 0.717) is 22.8 Å². The lowest BCUT2D eigenvalue weighted by atomic mass is 10.1. The van der Waals surface area contributed by atoms with E-state index >= 15 is 0 Å². The van der Waals surface area contributed by atoms with Crippen molar-refractivity contribution in [3.63, 3.8) is 0 Å². The summed E-state index contributed by atoms with van der Waals surface area (Å²) < 4.78 is 10.8. The molecule has 0 spiro atoms. The molecule has 2 rings (SSSR count). The number of methoxy groups -OCH3 is 2. The number of nitrogens with two attached hydrogens (primary N) is 2. The van der Waals surface area contributed by atoms with Crippen LogP contribution in [0.5, 0.6) is 11.5 Å². The summed E-state index contributed by atoms with van der Waals surface area (Å²) in [4.78, 5) is 8.84. The zero-order valence-corrected chi connectivity index (χ0v) is 13.2. The maximum atomic E-state index is 9.32. The quantitative estimate of drug-likeness (QED) is 0.820. The first-order valence-electron chi connectivity index (χ1n) is 6.19. The molecule has 8 heteroatoms. The summed E-state index contributed by atoms with van der Waals surface area (Å²) in [6, 6.07) is 5.56. The Morgan fingerprint density at radius 1 is 1.14 bits per heavy atom. The molecule has 0 unspecified atom stereocenters. The maximum Gasteiger partial charge on any atom is 0.222 e. The number of nitrogen functional groups attached to an aromatic ring is 2. The van der Waals surface area contributed by atoms with Gasteiger partial charge in [-0.05, 0) is 18.4 Å². The Hall–Kier alpha value is -2.66. The minimum atomic E-state index is -0.0125. The molecule has 22 heavy (non-hydrogen) atoms. The highest BCUT2D eigenvalue weighted by Crippen LogP contribution is 2.40. The molecule has 2 aromatic rings. The van der Waals surface area contributed by atoms with Gasteiger partial charge < -0.3 is 20.9 Å². The van der Waals surface area contributed by atoms with Crippen molar-refractivity contribution in [2.45, 2.75) is 4.90 Å². The molecule has 0 aliphatic carbocycles. The van der Waals surface area contributed by atoms with Gasteiger partial charge >= 0.3 is 0 Å². The Morgan fingerprint density at radius 2 is 1.82 bits per heavy atom. The molecule has 1 aromatic heterocycles. The Labute approximate surface area is 132 Å². The number of nitriles is 1. The summed E-state index contributed by atoms with van der Waals surface area (Å²) in [5.74, 6) is 1.20. The zero-order valence-electron chi connectivity index (χ0n) is 12.4. The molecule has 114 valence electrons. The van der Waals surface area contributed by atoms with Crippen LogP contribution in [0.1, 0.15) is 5.56 Å². The van der Waals surface area contributed by atoms with Gasteiger partial charge in [0.15, 0.2) is 0 Å². The van der Waals surface area contributed by atoms with Gasteiger partial charge in [0, 0.05) is 5.56 Å². The van der Waals surface area contributed by atoms with E-state index < -0.39 is 0 Å². The molecule has 0 saturated heterocycles. The summed E-state index contributed by atoms with van der Waals surface area (Å²) >= 11 is 1.52. The van der Waals surface area contributed by atoms with Crippen molar-refractivity contribution in [2.75, 3.05) is 31.9 Å². The molecule has 1 aromatic carbocycles. The van der Waals surface area contributed by atoms with Gasteiger partial charge in [-0.1, -0.05) is 0 Å². The van der Waals surface area contributed by atoms with Gasteiger partial charge in [0.25, 0.3) is 0 Å². The van der Waals surface area contributed by atoms with Crippen molar-refractivity contribution in [1.29, 1.82) is 5.26 Å². The first-order chi connectivity index (χ1) is 10.5. The molecule has 1 heterocycles. The van der Waals surface area contributed by atoms with E-state index in [4.69, 9.17) is 20.9 Å². The number of rotatable bonds is 4. The van der Waals surface area contributed by atoms with E-state index in [1.54, 1.807) is 13.2 Å². The van der Waals surface area contributed by atoms with E-state index in [9.17, 15) is 5.26 Å². The van der Waals surface area contributed by atoms with Crippen molar-refractivity contribution in [3.05, 3.63) is 17.7 Å². The summed E-state index contributed by atoms with van der Waals surface area (Å²) in [7, 11) is 3.11. The highest BCUT2D eigenvalue weighted by Gasteiger charge is 2.19. The van der Waals surface area contributed by atoms with Crippen molar-refractivity contribution in [3.8, 4) is 28.8 Å².